The van der Waals surface area contributed by atoms with E-state index in [9.17, 15) is 4.79 Å². The van der Waals surface area contributed by atoms with Gasteiger partial charge in [-0.15, -0.1) is 5.10 Å². The molecule has 0 radical (unpaired) electrons. The van der Waals surface area contributed by atoms with Crippen molar-refractivity contribution in [3.05, 3.63) is 39.1 Å². The zero-order chi connectivity index (χ0) is 12.6. The first kappa shape index (κ1) is 12.2. The van der Waals surface area contributed by atoms with Gasteiger partial charge >= 0.3 is 5.97 Å². The molecular weight excluding hydrogens is 288 g/mol. The number of aromatic carboxylic acids is 1. The Bertz CT molecular complexity index is 574. The van der Waals surface area contributed by atoms with Crippen LogP contribution in [-0.2, 0) is 0 Å². The summed E-state index contributed by atoms with van der Waals surface area (Å²) in [4.78, 5) is 10.7. The van der Waals surface area contributed by atoms with E-state index in [2.05, 4.69) is 10.3 Å². The molecule has 0 saturated heterocycles. The number of rotatable bonds is 2. The summed E-state index contributed by atoms with van der Waals surface area (Å²) < 4.78 is 1.18. The van der Waals surface area contributed by atoms with Crippen molar-refractivity contribution < 1.29 is 9.90 Å². The highest BCUT2D eigenvalue weighted by molar-refractivity contribution is 6.40. The number of aromatic nitrogens is 3. The molecule has 0 atom stereocenters. The van der Waals surface area contributed by atoms with Crippen LogP contribution in [0.2, 0.25) is 15.1 Å². The second kappa shape index (κ2) is 4.52. The molecule has 0 bridgehead atoms. The fourth-order valence-electron chi connectivity index (χ4n) is 1.22. The molecular formula is C9H4Cl3N3O2. The molecule has 1 heterocycles. The Morgan fingerprint density at radius 1 is 1.24 bits per heavy atom. The highest BCUT2D eigenvalue weighted by atomic mass is 35.5. The molecule has 2 rings (SSSR count). The van der Waals surface area contributed by atoms with Gasteiger partial charge in [0.1, 0.15) is 5.69 Å². The third-order valence-corrected chi connectivity index (χ3v) is 2.72. The molecule has 1 aromatic heterocycles. The SMILES string of the molecule is O=C(O)c1cn(-c2c(Cl)cc(Cl)cc2Cl)nn1. The van der Waals surface area contributed by atoms with Gasteiger partial charge in [-0.3, -0.25) is 0 Å². The Hall–Kier alpha value is -1.30. The van der Waals surface area contributed by atoms with Crippen molar-refractivity contribution in [1.82, 2.24) is 15.0 Å². The van der Waals surface area contributed by atoms with Crippen LogP contribution in [-0.4, -0.2) is 26.1 Å². The monoisotopic (exact) mass is 291 g/mol. The van der Waals surface area contributed by atoms with Crippen LogP contribution in [0, 0.1) is 0 Å². The Labute approximate surface area is 111 Å². The van der Waals surface area contributed by atoms with Gasteiger partial charge < -0.3 is 5.11 Å². The average Bonchev–Trinajstić information content (AvgIpc) is 2.65. The van der Waals surface area contributed by atoms with Gasteiger partial charge in [0.2, 0.25) is 0 Å². The van der Waals surface area contributed by atoms with Crippen molar-refractivity contribution in [3.8, 4) is 5.69 Å². The predicted octanol–water partition coefficient (Wildman–Crippen LogP) is 2.93. The van der Waals surface area contributed by atoms with Crippen molar-refractivity contribution >= 4 is 40.8 Å². The molecule has 0 amide bonds. The second-order valence-corrected chi connectivity index (χ2v) is 4.32. The van der Waals surface area contributed by atoms with E-state index >= 15 is 0 Å². The topological polar surface area (TPSA) is 68.0 Å². The Balaban J connectivity index is 2.56. The van der Waals surface area contributed by atoms with Crippen LogP contribution in [0.3, 0.4) is 0 Å². The van der Waals surface area contributed by atoms with Crippen LogP contribution in [0.1, 0.15) is 10.5 Å². The smallest absolute Gasteiger partial charge is 0.358 e. The lowest BCUT2D eigenvalue weighted by molar-refractivity contribution is 0.0690. The maximum atomic E-state index is 10.7. The maximum absolute atomic E-state index is 10.7. The fourth-order valence-corrected chi connectivity index (χ4v) is 2.21. The van der Waals surface area contributed by atoms with E-state index in [0.717, 1.165) is 0 Å². The minimum Gasteiger partial charge on any atom is -0.476 e. The molecule has 2 aromatic rings. The van der Waals surface area contributed by atoms with Gasteiger partial charge in [0.25, 0.3) is 0 Å². The normalized spacial score (nSPS) is 10.5. The van der Waals surface area contributed by atoms with Gasteiger partial charge in [-0.05, 0) is 12.1 Å². The predicted molar refractivity (Wildman–Crippen MR) is 63.3 cm³/mol. The molecule has 0 fully saturated rings. The van der Waals surface area contributed by atoms with Gasteiger partial charge in [0.15, 0.2) is 5.69 Å². The third-order valence-electron chi connectivity index (χ3n) is 1.92. The van der Waals surface area contributed by atoms with E-state index in [4.69, 9.17) is 39.9 Å². The molecule has 0 aliphatic rings. The number of halogens is 3. The van der Waals surface area contributed by atoms with E-state index in [1.54, 1.807) is 0 Å². The van der Waals surface area contributed by atoms with Crippen molar-refractivity contribution in [2.45, 2.75) is 0 Å². The summed E-state index contributed by atoms with van der Waals surface area (Å²) in [5.74, 6) is -1.18. The lowest BCUT2D eigenvalue weighted by atomic mass is 10.3. The van der Waals surface area contributed by atoms with Crippen LogP contribution in [0.25, 0.3) is 5.69 Å². The Morgan fingerprint density at radius 3 is 2.29 bits per heavy atom. The number of benzene rings is 1. The molecule has 0 unspecified atom stereocenters. The van der Waals surface area contributed by atoms with Crippen molar-refractivity contribution in [2.24, 2.45) is 0 Å². The van der Waals surface area contributed by atoms with Gasteiger partial charge in [0, 0.05) is 5.02 Å². The Kier molecular flexibility index (Phi) is 3.24. The first-order chi connectivity index (χ1) is 7.99. The second-order valence-electron chi connectivity index (χ2n) is 3.07. The van der Waals surface area contributed by atoms with Crippen molar-refractivity contribution in [2.75, 3.05) is 0 Å². The molecule has 5 nitrogen and oxygen atoms in total. The summed E-state index contributed by atoms with van der Waals surface area (Å²) in [6.07, 6.45) is 1.21. The number of carboxylic acids is 1. The number of hydrogen-bond acceptors (Lipinski definition) is 3. The minimum absolute atomic E-state index is 0.202. The third kappa shape index (κ3) is 2.36. The molecule has 1 aromatic carbocycles. The standard InChI is InChI=1S/C9H4Cl3N3O2/c10-4-1-5(11)8(6(12)2-4)15-3-7(9(16)17)13-14-15/h1-3H,(H,16,17). The summed E-state index contributed by atoms with van der Waals surface area (Å²) in [7, 11) is 0. The molecule has 88 valence electrons. The minimum atomic E-state index is -1.18. The van der Waals surface area contributed by atoms with Crippen molar-refractivity contribution in [1.29, 1.82) is 0 Å². The number of hydrogen-bond donors (Lipinski definition) is 1. The highest BCUT2D eigenvalue weighted by Crippen LogP contribution is 2.31. The highest BCUT2D eigenvalue weighted by Gasteiger charge is 2.14. The average molecular weight is 293 g/mol. The van der Waals surface area contributed by atoms with Gasteiger partial charge in [-0.1, -0.05) is 40.0 Å². The largest absolute Gasteiger partial charge is 0.476 e. The number of carboxylic acid groups (broad SMARTS) is 1. The molecule has 8 heteroatoms. The first-order valence-corrected chi connectivity index (χ1v) is 5.43. The lowest BCUT2D eigenvalue weighted by Crippen LogP contribution is -1.97. The van der Waals surface area contributed by atoms with Crippen LogP contribution < -0.4 is 0 Å². The van der Waals surface area contributed by atoms with Crippen LogP contribution in [0.5, 0.6) is 0 Å². The molecule has 0 saturated carbocycles. The molecule has 0 aliphatic carbocycles. The van der Waals surface area contributed by atoms with Crippen LogP contribution in [0.15, 0.2) is 18.3 Å². The van der Waals surface area contributed by atoms with Gasteiger partial charge in [-0.2, -0.15) is 0 Å². The van der Waals surface area contributed by atoms with E-state index in [1.807, 2.05) is 0 Å². The molecule has 17 heavy (non-hydrogen) atoms. The number of carbonyl (C=O) groups is 1. The van der Waals surface area contributed by atoms with E-state index in [0.29, 0.717) is 10.7 Å². The summed E-state index contributed by atoms with van der Waals surface area (Å²) in [6, 6.07) is 2.96. The Morgan fingerprint density at radius 2 is 1.82 bits per heavy atom. The molecule has 1 N–H and O–H groups in total. The zero-order valence-electron chi connectivity index (χ0n) is 8.06. The van der Waals surface area contributed by atoms with Crippen LogP contribution in [0.4, 0.5) is 0 Å². The zero-order valence-corrected chi connectivity index (χ0v) is 10.3. The van der Waals surface area contributed by atoms with Gasteiger partial charge in [-0.25, -0.2) is 9.48 Å². The van der Waals surface area contributed by atoms with Crippen LogP contribution >= 0.6 is 34.8 Å². The molecule has 0 spiro atoms. The van der Waals surface area contributed by atoms with E-state index in [1.165, 1.54) is 23.0 Å². The van der Waals surface area contributed by atoms with Crippen molar-refractivity contribution in [3.63, 3.8) is 0 Å². The van der Waals surface area contributed by atoms with E-state index in [-0.39, 0.29) is 15.7 Å². The van der Waals surface area contributed by atoms with Gasteiger partial charge in [0.05, 0.1) is 16.2 Å². The number of nitrogens with zero attached hydrogens (tertiary/aromatic N) is 3. The summed E-state index contributed by atoms with van der Waals surface area (Å²) in [5, 5.41) is 16.7. The maximum Gasteiger partial charge on any atom is 0.358 e. The summed E-state index contributed by atoms with van der Waals surface area (Å²) in [5.41, 5.74) is 0.129. The quantitative estimate of drug-likeness (QED) is 0.924. The fraction of sp³-hybridized carbons (Fsp3) is 0. The summed E-state index contributed by atoms with van der Waals surface area (Å²) >= 11 is 17.7. The summed E-state index contributed by atoms with van der Waals surface area (Å²) in [6.45, 7) is 0. The van der Waals surface area contributed by atoms with E-state index < -0.39 is 5.97 Å². The lowest BCUT2D eigenvalue weighted by Gasteiger charge is -2.06. The first-order valence-electron chi connectivity index (χ1n) is 4.29. The molecule has 0 aliphatic heterocycles.